The monoisotopic (exact) mass is 115 g/mol. The summed E-state index contributed by atoms with van der Waals surface area (Å²) in [5.41, 5.74) is 0. The molecular formula is CH2BClLiO3. The van der Waals surface area contributed by atoms with Crippen molar-refractivity contribution in [3.63, 3.8) is 0 Å². The van der Waals surface area contributed by atoms with Gasteiger partial charge in [0.25, 0.3) is 0 Å². The second-order valence-corrected chi connectivity index (χ2v) is 0.283. The maximum atomic E-state index is 8.56. The summed E-state index contributed by atoms with van der Waals surface area (Å²) in [7, 11) is 3.97. The Kier molecular flexibility index (Phi) is 36.6. The minimum Gasteiger partial charge on any atom is -0.518 e. The van der Waals surface area contributed by atoms with E-state index in [9.17, 15) is 0 Å². The average molecular weight is 115 g/mol. The molecule has 0 aromatic rings. The second-order valence-electron chi connectivity index (χ2n) is 0.283. The molecule has 2 N–H and O–H groups in total. The van der Waals surface area contributed by atoms with Crippen molar-refractivity contribution in [2.45, 2.75) is 0 Å². The topological polar surface area (TPSA) is 57.5 Å². The van der Waals surface area contributed by atoms with E-state index in [4.69, 9.17) is 15.0 Å². The van der Waals surface area contributed by atoms with Crippen LogP contribution in [0.4, 0.5) is 4.79 Å². The molecule has 3 radical (unpaired) electrons. The Morgan fingerprint density at radius 3 is 1.43 bits per heavy atom. The first-order valence-electron chi connectivity index (χ1n) is 0.870. The van der Waals surface area contributed by atoms with Gasteiger partial charge in [-0.25, -0.2) is 4.79 Å². The van der Waals surface area contributed by atoms with Crippen LogP contribution in [-0.4, -0.2) is 23.6 Å². The molecule has 0 saturated carbocycles. The summed E-state index contributed by atoms with van der Waals surface area (Å²) in [6.45, 7) is 0. The molecule has 7 heavy (non-hydrogen) atoms. The van der Waals surface area contributed by atoms with Crippen LogP contribution < -0.4 is 18.9 Å². The van der Waals surface area contributed by atoms with Crippen LogP contribution in [-0.2, 0) is 0 Å². The fraction of sp³-hybridized carbons (Fsp3) is 0. The van der Waals surface area contributed by atoms with E-state index in [1.54, 1.807) is 0 Å². The number of carboxylic acid groups (broad SMARTS) is 2. The van der Waals surface area contributed by atoms with Crippen LogP contribution in [0.25, 0.3) is 0 Å². The van der Waals surface area contributed by atoms with Crippen LogP contribution in [0.5, 0.6) is 0 Å². The van der Waals surface area contributed by atoms with Crippen molar-refractivity contribution in [1.29, 1.82) is 0 Å². The molecular weight excluding hydrogens is 113 g/mol. The van der Waals surface area contributed by atoms with Gasteiger partial charge in [-0.05, 0) is 0 Å². The molecule has 35 valence electrons. The van der Waals surface area contributed by atoms with E-state index in [-0.39, 0.29) is 18.9 Å². The third-order valence-corrected chi connectivity index (χ3v) is 0. The van der Waals surface area contributed by atoms with Gasteiger partial charge in [-0.2, -0.15) is 0 Å². The van der Waals surface area contributed by atoms with Crippen LogP contribution in [0.3, 0.4) is 0 Å². The number of rotatable bonds is 0. The number of hydrogen-bond donors (Lipinski definition) is 2. The SMILES string of the molecule is O=C(O)O.[B-]Cl.[Li+]. The normalized spacial score (nSPS) is 4.29. The van der Waals surface area contributed by atoms with E-state index in [0.717, 1.165) is 0 Å². The summed E-state index contributed by atoms with van der Waals surface area (Å²) < 4.78 is 0. The summed E-state index contributed by atoms with van der Waals surface area (Å²) in [5, 5.41) is 13.9. The maximum Gasteiger partial charge on any atom is 1.00 e. The summed E-state index contributed by atoms with van der Waals surface area (Å²) >= 11 is 4.14. The van der Waals surface area contributed by atoms with Gasteiger partial charge < -0.3 is 28.9 Å². The standard InChI is InChI=1S/CH2O3.BCl.Li/c2-1(3)4;1-2;/h(H2,2,3,4);;/q;-1;+1. The Morgan fingerprint density at radius 2 is 1.43 bits per heavy atom. The van der Waals surface area contributed by atoms with Gasteiger partial charge in [-0.3, -0.25) is 0 Å². The predicted molar refractivity (Wildman–Crippen MR) is 22.3 cm³/mol. The Hall–Kier alpha value is 0.222. The van der Waals surface area contributed by atoms with Crippen LogP contribution in [0, 0.1) is 0 Å². The van der Waals surface area contributed by atoms with Crippen molar-refractivity contribution in [2.75, 3.05) is 0 Å². The molecule has 0 unspecified atom stereocenters. The largest absolute Gasteiger partial charge is 1.00 e. The molecule has 6 heteroatoms. The Balaban J connectivity index is -0.0000000480. The van der Waals surface area contributed by atoms with E-state index in [2.05, 4.69) is 18.7 Å². The molecule has 0 aromatic carbocycles. The minimum absolute atomic E-state index is 0. The summed E-state index contributed by atoms with van der Waals surface area (Å²) in [6.07, 6.45) is -1.83. The van der Waals surface area contributed by atoms with Crippen molar-refractivity contribution < 1.29 is 33.9 Å². The fourth-order valence-electron chi connectivity index (χ4n) is 0. The van der Waals surface area contributed by atoms with E-state index < -0.39 is 6.16 Å². The zero-order chi connectivity index (χ0) is 5.58. The average Bonchev–Trinajstić information content (AvgIpc) is 1.41. The fourth-order valence-corrected chi connectivity index (χ4v) is 0. The molecule has 0 aliphatic rings. The molecule has 0 aliphatic carbocycles. The smallest absolute Gasteiger partial charge is 0.518 e. The Bertz CT molecular complexity index is 37.9. The van der Waals surface area contributed by atoms with Gasteiger partial charge >= 0.3 is 25.0 Å². The molecule has 3 nitrogen and oxygen atoms in total. The van der Waals surface area contributed by atoms with Crippen molar-refractivity contribution in [1.82, 2.24) is 0 Å². The van der Waals surface area contributed by atoms with Crippen molar-refractivity contribution in [2.24, 2.45) is 0 Å². The van der Waals surface area contributed by atoms with Crippen molar-refractivity contribution in [3.05, 3.63) is 0 Å². The van der Waals surface area contributed by atoms with Gasteiger partial charge in [-0.15, -0.1) is 0 Å². The van der Waals surface area contributed by atoms with Gasteiger partial charge in [0.05, 0.1) is 0 Å². The number of hydrogen-bond acceptors (Lipinski definition) is 1. The van der Waals surface area contributed by atoms with Crippen molar-refractivity contribution >= 4 is 24.9 Å². The first kappa shape index (κ1) is 15.7. The molecule has 0 spiro atoms. The third-order valence-electron chi connectivity index (χ3n) is 0. The maximum absolute atomic E-state index is 8.56. The van der Waals surface area contributed by atoms with Crippen molar-refractivity contribution in [3.8, 4) is 0 Å². The summed E-state index contributed by atoms with van der Waals surface area (Å²) in [6, 6.07) is 0. The van der Waals surface area contributed by atoms with Crippen LogP contribution in [0.1, 0.15) is 0 Å². The molecule has 0 aromatic heterocycles. The third kappa shape index (κ3) is 2240. The first-order valence-corrected chi connectivity index (χ1v) is 1.31. The molecule has 0 bridgehead atoms. The van der Waals surface area contributed by atoms with Crippen LogP contribution in [0.2, 0.25) is 0 Å². The summed E-state index contributed by atoms with van der Waals surface area (Å²) in [5.74, 6) is 0. The minimum atomic E-state index is -1.83. The molecule has 0 heterocycles. The zero-order valence-corrected chi connectivity index (χ0v) is 4.51. The van der Waals surface area contributed by atoms with Crippen LogP contribution >= 0.6 is 11.5 Å². The van der Waals surface area contributed by atoms with Gasteiger partial charge in [-0.1, -0.05) is 0 Å². The van der Waals surface area contributed by atoms with Gasteiger partial charge in [0.1, 0.15) is 0 Å². The van der Waals surface area contributed by atoms with Gasteiger partial charge in [0, 0.05) is 0 Å². The Labute approximate surface area is 59.2 Å². The zero-order valence-electron chi connectivity index (χ0n) is 3.76. The van der Waals surface area contributed by atoms with E-state index in [0.29, 0.717) is 0 Å². The second kappa shape index (κ2) is 16.3. The van der Waals surface area contributed by atoms with Gasteiger partial charge in [0.2, 0.25) is 0 Å². The summed E-state index contributed by atoms with van der Waals surface area (Å²) in [4.78, 5) is 8.56. The molecule has 0 aliphatic heterocycles. The quantitative estimate of drug-likeness (QED) is 0.344. The van der Waals surface area contributed by atoms with Crippen LogP contribution in [0.15, 0.2) is 0 Å². The number of halogens is 1. The van der Waals surface area contributed by atoms with E-state index in [1.807, 2.05) is 0 Å². The Morgan fingerprint density at radius 1 is 1.43 bits per heavy atom. The predicted octanol–water partition coefficient (Wildman–Crippen LogP) is -2.46. The van der Waals surface area contributed by atoms with E-state index in [1.165, 1.54) is 0 Å². The first-order chi connectivity index (χ1) is 2.73. The molecule has 0 fully saturated rings. The number of carbonyl (C=O) groups is 1. The molecule has 0 amide bonds. The van der Waals surface area contributed by atoms with E-state index >= 15 is 0 Å². The van der Waals surface area contributed by atoms with Gasteiger partial charge in [0.15, 0.2) is 0 Å². The molecule has 0 saturated heterocycles. The molecule has 0 rings (SSSR count). The molecule has 0 atom stereocenters.